The van der Waals surface area contributed by atoms with Crippen LogP contribution in [0.25, 0.3) is 22.2 Å². The van der Waals surface area contributed by atoms with Crippen molar-refractivity contribution in [1.29, 1.82) is 5.26 Å². The van der Waals surface area contributed by atoms with E-state index in [1.807, 2.05) is 11.5 Å². The number of ether oxygens (including phenoxy) is 1. The molecule has 0 saturated heterocycles. The fraction of sp³-hybridized carbons (Fsp3) is 0.375. The molecule has 6 nitrogen and oxygen atoms in total. The minimum absolute atomic E-state index is 0.0441. The standard InChI is InChI=1S/C24H23F2N3O3S/c1-2-24(11-12-24)33(30,31)28-16-5-3-15(4-6-16)22-20(14-27)19-10-9-18(32-23(25)26)13-21(19)29(22)17-7-8-17/h3-6,9-10,13,17,23,28H,2,7-8,11-12H2,1H3. The molecule has 3 aromatic rings. The van der Waals surface area contributed by atoms with E-state index in [9.17, 15) is 22.5 Å². The molecule has 0 bridgehead atoms. The van der Waals surface area contributed by atoms with Crippen molar-refractivity contribution in [3.8, 4) is 23.1 Å². The normalized spacial score (nSPS) is 17.2. The highest BCUT2D eigenvalue weighted by atomic mass is 32.2. The minimum atomic E-state index is -3.47. The second kappa shape index (κ2) is 7.73. The summed E-state index contributed by atoms with van der Waals surface area (Å²) in [6.07, 6.45) is 3.77. The summed E-state index contributed by atoms with van der Waals surface area (Å²) in [6, 6.07) is 14.0. The molecule has 5 rings (SSSR count). The average molecular weight is 472 g/mol. The minimum Gasteiger partial charge on any atom is -0.435 e. The van der Waals surface area contributed by atoms with E-state index in [1.54, 1.807) is 36.4 Å². The number of nitriles is 1. The lowest BCUT2D eigenvalue weighted by molar-refractivity contribution is -0.0497. The zero-order valence-electron chi connectivity index (χ0n) is 18.0. The number of anilines is 1. The predicted octanol–water partition coefficient (Wildman–Crippen LogP) is 5.80. The molecule has 2 aliphatic rings. The molecule has 33 heavy (non-hydrogen) atoms. The van der Waals surface area contributed by atoms with E-state index in [-0.39, 0.29) is 11.8 Å². The molecule has 0 radical (unpaired) electrons. The third-order valence-electron chi connectivity index (χ3n) is 6.66. The number of benzene rings is 2. The molecular weight excluding hydrogens is 448 g/mol. The van der Waals surface area contributed by atoms with Crippen molar-refractivity contribution < 1.29 is 21.9 Å². The molecule has 0 amide bonds. The Morgan fingerprint density at radius 3 is 2.45 bits per heavy atom. The molecule has 1 heterocycles. The zero-order chi connectivity index (χ0) is 23.4. The number of hydrogen-bond donors (Lipinski definition) is 1. The van der Waals surface area contributed by atoms with E-state index in [0.29, 0.717) is 47.1 Å². The fourth-order valence-electron chi connectivity index (χ4n) is 4.49. The first-order valence-corrected chi connectivity index (χ1v) is 12.4. The Labute approximate surface area is 190 Å². The van der Waals surface area contributed by atoms with Gasteiger partial charge in [-0.15, -0.1) is 0 Å². The number of aromatic nitrogens is 1. The van der Waals surface area contributed by atoms with Gasteiger partial charge in [0.25, 0.3) is 0 Å². The van der Waals surface area contributed by atoms with Gasteiger partial charge in [-0.05, 0) is 61.9 Å². The van der Waals surface area contributed by atoms with Gasteiger partial charge in [0.15, 0.2) is 0 Å². The predicted molar refractivity (Wildman–Crippen MR) is 122 cm³/mol. The molecule has 1 N–H and O–H groups in total. The van der Waals surface area contributed by atoms with Gasteiger partial charge >= 0.3 is 6.61 Å². The summed E-state index contributed by atoms with van der Waals surface area (Å²) in [7, 11) is -3.47. The highest BCUT2D eigenvalue weighted by molar-refractivity contribution is 7.94. The van der Waals surface area contributed by atoms with Crippen molar-refractivity contribution in [2.45, 2.75) is 56.4 Å². The maximum absolute atomic E-state index is 12.7. The summed E-state index contributed by atoms with van der Waals surface area (Å²) in [5.74, 6) is 0.0441. The van der Waals surface area contributed by atoms with Crippen LogP contribution in [-0.2, 0) is 10.0 Å². The van der Waals surface area contributed by atoms with Gasteiger partial charge in [-0.3, -0.25) is 4.72 Å². The fourth-order valence-corrected chi connectivity index (χ4v) is 6.17. The van der Waals surface area contributed by atoms with E-state index >= 15 is 0 Å². The largest absolute Gasteiger partial charge is 0.435 e. The Morgan fingerprint density at radius 1 is 1.21 bits per heavy atom. The van der Waals surface area contributed by atoms with Crippen LogP contribution in [0.4, 0.5) is 14.5 Å². The van der Waals surface area contributed by atoms with Crippen molar-refractivity contribution in [1.82, 2.24) is 4.57 Å². The molecule has 2 aromatic carbocycles. The first-order chi connectivity index (χ1) is 15.8. The Balaban J connectivity index is 1.55. The highest BCUT2D eigenvalue weighted by Crippen LogP contribution is 2.47. The number of nitrogens with one attached hydrogen (secondary N) is 1. The van der Waals surface area contributed by atoms with Crippen LogP contribution in [-0.4, -0.2) is 24.3 Å². The van der Waals surface area contributed by atoms with Crippen molar-refractivity contribution >= 4 is 26.6 Å². The summed E-state index contributed by atoms with van der Waals surface area (Å²) in [5.41, 5.74) is 3.05. The first-order valence-electron chi connectivity index (χ1n) is 10.9. The van der Waals surface area contributed by atoms with Crippen molar-refractivity contribution in [3.63, 3.8) is 0 Å². The Bertz CT molecular complexity index is 1370. The lowest BCUT2D eigenvalue weighted by atomic mass is 10.1. The van der Waals surface area contributed by atoms with E-state index < -0.39 is 21.4 Å². The van der Waals surface area contributed by atoms with Crippen LogP contribution in [0.5, 0.6) is 5.75 Å². The number of halogens is 2. The topological polar surface area (TPSA) is 84.1 Å². The van der Waals surface area contributed by atoms with Gasteiger partial charge in [0.05, 0.1) is 21.5 Å². The monoisotopic (exact) mass is 471 g/mol. The van der Waals surface area contributed by atoms with Crippen LogP contribution in [0.2, 0.25) is 0 Å². The highest BCUT2D eigenvalue weighted by Gasteiger charge is 2.53. The molecule has 0 spiro atoms. The third kappa shape index (κ3) is 3.72. The van der Waals surface area contributed by atoms with Gasteiger partial charge < -0.3 is 9.30 Å². The average Bonchev–Trinajstić information content (AvgIpc) is 3.70. The zero-order valence-corrected chi connectivity index (χ0v) is 18.8. The van der Waals surface area contributed by atoms with Gasteiger partial charge in [-0.1, -0.05) is 19.1 Å². The van der Waals surface area contributed by atoms with Crippen molar-refractivity contribution in [2.75, 3.05) is 4.72 Å². The van der Waals surface area contributed by atoms with E-state index in [2.05, 4.69) is 15.5 Å². The van der Waals surface area contributed by atoms with E-state index in [4.69, 9.17) is 0 Å². The number of rotatable bonds is 8. The summed E-state index contributed by atoms with van der Waals surface area (Å²) >= 11 is 0. The molecular formula is C24H23F2N3O3S. The van der Waals surface area contributed by atoms with Gasteiger partial charge in [-0.2, -0.15) is 14.0 Å². The van der Waals surface area contributed by atoms with Crippen LogP contribution in [0.1, 0.15) is 50.6 Å². The van der Waals surface area contributed by atoms with Crippen molar-refractivity contribution in [2.24, 2.45) is 0 Å². The van der Waals surface area contributed by atoms with Crippen LogP contribution >= 0.6 is 0 Å². The lowest BCUT2D eigenvalue weighted by Gasteiger charge is -2.16. The van der Waals surface area contributed by atoms with Gasteiger partial charge in [0, 0.05) is 23.2 Å². The summed E-state index contributed by atoms with van der Waals surface area (Å²) in [6.45, 7) is -1.05. The smallest absolute Gasteiger partial charge is 0.387 e. The second-order valence-corrected chi connectivity index (χ2v) is 10.8. The van der Waals surface area contributed by atoms with Gasteiger partial charge in [0.2, 0.25) is 10.0 Å². The van der Waals surface area contributed by atoms with E-state index in [1.165, 1.54) is 6.07 Å². The molecule has 0 unspecified atom stereocenters. The van der Waals surface area contributed by atoms with Crippen LogP contribution in [0.15, 0.2) is 42.5 Å². The molecule has 2 fully saturated rings. The Kier molecular flexibility index (Phi) is 5.09. The quantitative estimate of drug-likeness (QED) is 0.450. The van der Waals surface area contributed by atoms with Gasteiger partial charge in [0.1, 0.15) is 11.8 Å². The molecule has 9 heteroatoms. The third-order valence-corrected chi connectivity index (χ3v) is 9.00. The van der Waals surface area contributed by atoms with Gasteiger partial charge in [-0.25, -0.2) is 8.42 Å². The second-order valence-electron chi connectivity index (χ2n) is 8.71. The molecule has 172 valence electrons. The molecule has 1 aromatic heterocycles. The maximum Gasteiger partial charge on any atom is 0.387 e. The number of alkyl halides is 2. The summed E-state index contributed by atoms with van der Waals surface area (Å²) < 4.78 is 59.5. The number of fused-ring (bicyclic) bond motifs is 1. The van der Waals surface area contributed by atoms with Crippen LogP contribution in [0.3, 0.4) is 0 Å². The summed E-state index contributed by atoms with van der Waals surface area (Å²) in [5, 5.41) is 10.6. The number of nitrogens with zero attached hydrogens (tertiary/aromatic N) is 2. The number of sulfonamides is 1. The Hall–Kier alpha value is -3.12. The van der Waals surface area contributed by atoms with E-state index in [0.717, 1.165) is 18.4 Å². The molecule has 0 aliphatic heterocycles. The maximum atomic E-state index is 12.7. The Morgan fingerprint density at radius 2 is 1.91 bits per heavy atom. The van der Waals surface area contributed by atoms with Crippen LogP contribution < -0.4 is 9.46 Å². The van der Waals surface area contributed by atoms with Crippen molar-refractivity contribution in [3.05, 3.63) is 48.0 Å². The lowest BCUT2D eigenvalue weighted by Crippen LogP contribution is -2.28. The first kappa shape index (κ1) is 21.7. The molecule has 2 saturated carbocycles. The number of hydrogen-bond acceptors (Lipinski definition) is 4. The van der Waals surface area contributed by atoms with Crippen LogP contribution in [0, 0.1) is 11.3 Å². The molecule has 0 atom stereocenters. The summed E-state index contributed by atoms with van der Waals surface area (Å²) in [4.78, 5) is 0. The molecule has 2 aliphatic carbocycles. The SMILES string of the molecule is CCC1(S(=O)(=O)Nc2ccc(-c3c(C#N)c4ccc(OC(F)F)cc4n3C3CC3)cc2)CC1.